The molecule has 2 aromatic carbocycles. The Kier molecular flexibility index (Phi) is 7.61. The molecule has 2 aromatic rings. The fourth-order valence-corrected chi connectivity index (χ4v) is 3.56. The van der Waals surface area contributed by atoms with Crippen LogP contribution in [-0.4, -0.2) is 46.3 Å². The Morgan fingerprint density at radius 1 is 0.966 bits per heavy atom. The van der Waals surface area contributed by atoms with Gasteiger partial charge in [-0.1, -0.05) is 6.07 Å². The molecular formula is C23H31N3O3. The number of hydrogen-bond donors (Lipinski definition) is 2. The minimum Gasteiger partial charge on any atom is -0.493 e. The number of carbonyl (C=O) groups is 1. The lowest BCUT2D eigenvalue weighted by atomic mass is 10.1. The molecule has 0 aromatic heterocycles. The van der Waals surface area contributed by atoms with Gasteiger partial charge in [-0.25, -0.2) is 0 Å². The highest BCUT2D eigenvalue weighted by Crippen LogP contribution is 2.27. The number of methoxy groups -OCH3 is 2. The minimum absolute atomic E-state index is 0.0478. The predicted octanol–water partition coefficient (Wildman–Crippen LogP) is 3.46. The molecular weight excluding hydrogens is 366 g/mol. The van der Waals surface area contributed by atoms with Crippen LogP contribution in [0.4, 0.5) is 11.4 Å². The smallest absolute Gasteiger partial charge is 0.221 e. The van der Waals surface area contributed by atoms with Crippen molar-refractivity contribution in [2.24, 2.45) is 0 Å². The second-order valence-electron chi connectivity index (χ2n) is 7.21. The maximum absolute atomic E-state index is 12.1. The van der Waals surface area contributed by atoms with Gasteiger partial charge in [-0.15, -0.1) is 0 Å². The second-order valence-corrected chi connectivity index (χ2v) is 7.21. The van der Waals surface area contributed by atoms with Gasteiger partial charge in [-0.3, -0.25) is 4.79 Å². The number of amides is 1. The van der Waals surface area contributed by atoms with Gasteiger partial charge in [0.1, 0.15) is 0 Å². The molecule has 6 heteroatoms. The van der Waals surface area contributed by atoms with Gasteiger partial charge in [0, 0.05) is 44.0 Å². The molecule has 0 spiro atoms. The summed E-state index contributed by atoms with van der Waals surface area (Å²) in [5.74, 6) is 1.46. The summed E-state index contributed by atoms with van der Waals surface area (Å²) in [5.41, 5.74) is 3.42. The van der Waals surface area contributed by atoms with E-state index in [0.29, 0.717) is 31.0 Å². The van der Waals surface area contributed by atoms with E-state index in [4.69, 9.17) is 9.47 Å². The van der Waals surface area contributed by atoms with Crippen molar-refractivity contribution in [2.45, 2.75) is 25.7 Å². The Morgan fingerprint density at radius 2 is 1.69 bits per heavy atom. The summed E-state index contributed by atoms with van der Waals surface area (Å²) in [7, 11) is 3.24. The van der Waals surface area contributed by atoms with E-state index in [2.05, 4.69) is 39.8 Å². The van der Waals surface area contributed by atoms with Crippen LogP contribution in [-0.2, 0) is 11.2 Å². The fourth-order valence-electron chi connectivity index (χ4n) is 3.56. The molecule has 1 aliphatic heterocycles. The second kappa shape index (κ2) is 10.6. The molecule has 1 heterocycles. The molecule has 1 aliphatic rings. The van der Waals surface area contributed by atoms with E-state index in [9.17, 15) is 4.79 Å². The van der Waals surface area contributed by atoms with E-state index < -0.39 is 0 Å². The summed E-state index contributed by atoms with van der Waals surface area (Å²) in [5, 5.41) is 6.29. The average molecular weight is 398 g/mol. The summed E-state index contributed by atoms with van der Waals surface area (Å²) < 4.78 is 10.6. The number of anilines is 2. The molecule has 6 nitrogen and oxygen atoms in total. The van der Waals surface area contributed by atoms with Crippen LogP contribution in [0.25, 0.3) is 0 Å². The van der Waals surface area contributed by atoms with Crippen molar-refractivity contribution in [1.29, 1.82) is 0 Å². The number of benzene rings is 2. The minimum atomic E-state index is 0.0478. The maximum atomic E-state index is 12.1. The fraction of sp³-hybridized carbons (Fsp3) is 0.435. The lowest BCUT2D eigenvalue weighted by molar-refractivity contribution is -0.120. The molecule has 29 heavy (non-hydrogen) atoms. The van der Waals surface area contributed by atoms with E-state index in [1.165, 1.54) is 18.5 Å². The van der Waals surface area contributed by atoms with Crippen molar-refractivity contribution in [3.05, 3.63) is 48.0 Å². The van der Waals surface area contributed by atoms with E-state index in [1.807, 2.05) is 18.2 Å². The topological polar surface area (TPSA) is 62.8 Å². The van der Waals surface area contributed by atoms with Gasteiger partial charge >= 0.3 is 0 Å². The first kappa shape index (κ1) is 20.8. The third-order valence-corrected chi connectivity index (χ3v) is 5.20. The Hall–Kier alpha value is -2.89. The van der Waals surface area contributed by atoms with Gasteiger partial charge in [-0.2, -0.15) is 0 Å². The largest absolute Gasteiger partial charge is 0.493 e. The normalized spacial score (nSPS) is 13.2. The molecule has 0 radical (unpaired) electrons. The molecule has 0 unspecified atom stereocenters. The first-order valence-electron chi connectivity index (χ1n) is 10.3. The zero-order chi connectivity index (χ0) is 20.5. The molecule has 1 fully saturated rings. The van der Waals surface area contributed by atoms with Crippen LogP contribution in [0.15, 0.2) is 42.5 Å². The van der Waals surface area contributed by atoms with Crippen LogP contribution in [0, 0.1) is 0 Å². The van der Waals surface area contributed by atoms with E-state index in [0.717, 1.165) is 30.8 Å². The first-order valence-corrected chi connectivity index (χ1v) is 10.3. The number of nitrogens with zero attached hydrogens (tertiary/aromatic N) is 1. The first-order chi connectivity index (χ1) is 14.2. The van der Waals surface area contributed by atoms with Crippen LogP contribution < -0.4 is 25.0 Å². The van der Waals surface area contributed by atoms with Crippen molar-refractivity contribution < 1.29 is 14.3 Å². The molecule has 0 saturated carbocycles. The number of carbonyl (C=O) groups excluding carboxylic acids is 1. The molecule has 3 rings (SSSR count). The summed E-state index contributed by atoms with van der Waals surface area (Å²) in [6, 6.07) is 14.3. The predicted molar refractivity (Wildman–Crippen MR) is 117 cm³/mol. The van der Waals surface area contributed by atoms with Crippen molar-refractivity contribution in [3.63, 3.8) is 0 Å². The molecule has 0 bridgehead atoms. The SMILES string of the molecule is COc1ccc(CCNC(=O)CCNc2ccc(N3CCCC3)cc2)cc1OC. The molecule has 2 N–H and O–H groups in total. The highest BCUT2D eigenvalue weighted by Gasteiger charge is 2.11. The quantitative estimate of drug-likeness (QED) is 0.643. The highest BCUT2D eigenvalue weighted by atomic mass is 16.5. The Morgan fingerprint density at radius 3 is 2.38 bits per heavy atom. The van der Waals surface area contributed by atoms with E-state index >= 15 is 0 Å². The van der Waals surface area contributed by atoms with Crippen LogP contribution in [0.2, 0.25) is 0 Å². The van der Waals surface area contributed by atoms with Crippen LogP contribution in [0.3, 0.4) is 0 Å². The average Bonchev–Trinajstić information content (AvgIpc) is 3.29. The van der Waals surface area contributed by atoms with Gasteiger partial charge in [0.25, 0.3) is 0 Å². The van der Waals surface area contributed by atoms with Gasteiger partial charge in [0.15, 0.2) is 11.5 Å². The number of hydrogen-bond acceptors (Lipinski definition) is 5. The van der Waals surface area contributed by atoms with Crippen molar-refractivity contribution >= 4 is 17.3 Å². The molecule has 1 saturated heterocycles. The maximum Gasteiger partial charge on any atom is 0.221 e. The van der Waals surface area contributed by atoms with Gasteiger partial charge < -0.3 is 25.0 Å². The highest BCUT2D eigenvalue weighted by molar-refractivity contribution is 5.76. The number of rotatable bonds is 10. The summed E-state index contributed by atoms with van der Waals surface area (Å²) >= 11 is 0. The van der Waals surface area contributed by atoms with Crippen molar-refractivity contribution in [3.8, 4) is 11.5 Å². The Labute approximate surface area is 173 Å². The van der Waals surface area contributed by atoms with Gasteiger partial charge in [-0.05, 0) is 61.2 Å². The van der Waals surface area contributed by atoms with Gasteiger partial charge in [0.2, 0.25) is 5.91 Å². The summed E-state index contributed by atoms with van der Waals surface area (Å²) in [6.45, 7) is 3.51. The standard InChI is InChI=1S/C23H31N3O3/c1-28-21-10-5-18(17-22(21)29-2)11-13-25-23(27)12-14-24-19-6-8-20(9-7-19)26-15-3-4-16-26/h5-10,17,24H,3-4,11-16H2,1-2H3,(H,25,27). The third kappa shape index (κ3) is 6.04. The lowest BCUT2D eigenvalue weighted by Gasteiger charge is -2.18. The van der Waals surface area contributed by atoms with E-state index in [-0.39, 0.29) is 5.91 Å². The van der Waals surface area contributed by atoms with Crippen LogP contribution >= 0.6 is 0 Å². The third-order valence-electron chi connectivity index (χ3n) is 5.20. The number of ether oxygens (including phenoxy) is 2. The van der Waals surface area contributed by atoms with Crippen LogP contribution in [0.5, 0.6) is 11.5 Å². The lowest BCUT2D eigenvalue weighted by Crippen LogP contribution is -2.27. The van der Waals surface area contributed by atoms with E-state index in [1.54, 1.807) is 14.2 Å². The van der Waals surface area contributed by atoms with Gasteiger partial charge in [0.05, 0.1) is 14.2 Å². The summed E-state index contributed by atoms with van der Waals surface area (Å²) in [6.07, 6.45) is 3.75. The number of nitrogens with one attached hydrogen (secondary N) is 2. The monoisotopic (exact) mass is 397 g/mol. The Balaban J connectivity index is 1.35. The van der Waals surface area contributed by atoms with Crippen LogP contribution in [0.1, 0.15) is 24.8 Å². The molecule has 0 atom stereocenters. The zero-order valence-corrected chi connectivity index (χ0v) is 17.4. The summed E-state index contributed by atoms with van der Waals surface area (Å²) in [4.78, 5) is 14.5. The van der Waals surface area contributed by atoms with Crippen molar-refractivity contribution in [2.75, 3.05) is 50.6 Å². The zero-order valence-electron chi connectivity index (χ0n) is 17.4. The molecule has 0 aliphatic carbocycles. The Bertz CT molecular complexity index is 786. The van der Waals surface area contributed by atoms with Crippen molar-refractivity contribution in [1.82, 2.24) is 5.32 Å². The molecule has 1 amide bonds. The molecule has 156 valence electrons.